The number of halogens is 1. The molecule has 1 unspecified atom stereocenters. The molecule has 1 aromatic rings. The number of hydrogen-bond donors (Lipinski definition) is 0. The van der Waals surface area contributed by atoms with E-state index in [0.29, 0.717) is 5.38 Å². The van der Waals surface area contributed by atoms with Crippen LogP contribution in [0, 0.1) is 6.92 Å². The number of nitrogens with zero attached hydrogens (tertiary/aromatic N) is 1. The molecule has 0 radical (unpaired) electrons. The number of alkyl halides is 1. The molecular formula is C14H20ClN. The molecule has 1 aliphatic heterocycles. The lowest BCUT2D eigenvalue weighted by Gasteiger charge is -2.29. The van der Waals surface area contributed by atoms with E-state index < -0.39 is 0 Å². The van der Waals surface area contributed by atoms with E-state index in [-0.39, 0.29) is 0 Å². The van der Waals surface area contributed by atoms with E-state index in [9.17, 15) is 0 Å². The SMILES string of the molecule is Cc1cccc(CCN2CCCC(Cl)C2)c1. The summed E-state index contributed by atoms with van der Waals surface area (Å²) in [4.78, 5) is 2.49. The molecule has 2 heteroatoms. The third-order valence-electron chi connectivity index (χ3n) is 3.25. The lowest BCUT2D eigenvalue weighted by atomic mass is 10.1. The Morgan fingerprint density at radius 3 is 3.06 bits per heavy atom. The Morgan fingerprint density at radius 1 is 1.44 bits per heavy atom. The predicted molar refractivity (Wildman–Crippen MR) is 70.2 cm³/mol. The summed E-state index contributed by atoms with van der Waals surface area (Å²) in [5, 5.41) is 0.367. The Hall–Kier alpha value is -0.530. The molecule has 0 bridgehead atoms. The normalized spacial score (nSPS) is 22.2. The van der Waals surface area contributed by atoms with Crippen molar-refractivity contribution < 1.29 is 0 Å². The number of piperidine rings is 1. The molecule has 1 nitrogen and oxygen atoms in total. The number of aryl methyl sites for hydroxylation is 1. The smallest absolute Gasteiger partial charge is 0.0463 e. The molecule has 0 aromatic heterocycles. The van der Waals surface area contributed by atoms with Crippen molar-refractivity contribution in [3.63, 3.8) is 0 Å². The van der Waals surface area contributed by atoms with Crippen molar-refractivity contribution in [3.8, 4) is 0 Å². The highest BCUT2D eigenvalue weighted by Crippen LogP contribution is 2.15. The summed E-state index contributed by atoms with van der Waals surface area (Å²) in [7, 11) is 0. The third-order valence-corrected chi connectivity index (χ3v) is 3.60. The van der Waals surface area contributed by atoms with E-state index in [1.54, 1.807) is 0 Å². The topological polar surface area (TPSA) is 3.24 Å². The quantitative estimate of drug-likeness (QED) is 0.730. The minimum Gasteiger partial charge on any atom is -0.302 e. The van der Waals surface area contributed by atoms with Gasteiger partial charge in [-0.3, -0.25) is 0 Å². The Labute approximate surface area is 103 Å². The first-order chi connectivity index (χ1) is 7.74. The van der Waals surface area contributed by atoms with Gasteiger partial charge >= 0.3 is 0 Å². The summed E-state index contributed by atoms with van der Waals surface area (Å²) < 4.78 is 0. The summed E-state index contributed by atoms with van der Waals surface area (Å²) in [6.07, 6.45) is 3.58. The summed E-state index contributed by atoms with van der Waals surface area (Å²) in [6, 6.07) is 8.79. The molecule has 0 N–H and O–H groups in total. The van der Waals surface area contributed by atoms with E-state index in [1.165, 1.54) is 30.5 Å². The average Bonchev–Trinajstić information content (AvgIpc) is 2.27. The molecule has 1 aromatic carbocycles. The number of hydrogen-bond acceptors (Lipinski definition) is 1. The highest BCUT2D eigenvalue weighted by Gasteiger charge is 2.16. The Bertz CT molecular complexity index is 337. The fourth-order valence-corrected chi connectivity index (χ4v) is 2.71. The summed E-state index contributed by atoms with van der Waals surface area (Å²) >= 11 is 6.18. The minimum atomic E-state index is 0.367. The van der Waals surface area contributed by atoms with Gasteiger partial charge in [0.2, 0.25) is 0 Å². The van der Waals surface area contributed by atoms with Gasteiger partial charge in [-0.2, -0.15) is 0 Å². The molecule has 0 aliphatic carbocycles. The maximum absolute atomic E-state index is 6.18. The van der Waals surface area contributed by atoms with Crippen LogP contribution < -0.4 is 0 Å². The van der Waals surface area contributed by atoms with Gasteiger partial charge < -0.3 is 4.90 Å². The van der Waals surface area contributed by atoms with Gasteiger partial charge in [0.15, 0.2) is 0 Å². The lowest BCUT2D eigenvalue weighted by molar-refractivity contribution is 0.235. The second-order valence-electron chi connectivity index (χ2n) is 4.78. The highest BCUT2D eigenvalue weighted by atomic mass is 35.5. The predicted octanol–water partition coefficient (Wildman–Crippen LogP) is 3.24. The van der Waals surface area contributed by atoms with Crippen molar-refractivity contribution in [2.24, 2.45) is 0 Å². The first-order valence-corrected chi connectivity index (χ1v) is 6.59. The Kier molecular flexibility index (Phi) is 4.25. The summed E-state index contributed by atoms with van der Waals surface area (Å²) in [6.45, 7) is 5.58. The number of likely N-dealkylation sites (tertiary alicyclic amines) is 1. The van der Waals surface area contributed by atoms with E-state index in [1.807, 2.05) is 0 Å². The Balaban J connectivity index is 1.82. The van der Waals surface area contributed by atoms with Crippen LogP contribution in [0.4, 0.5) is 0 Å². The second kappa shape index (κ2) is 5.70. The molecule has 1 heterocycles. The van der Waals surface area contributed by atoms with Crippen molar-refractivity contribution in [2.45, 2.75) is 31.6 Å². The third kappa shape index (κ3) is 3.50. The maximum atomic E-state index is 6.18. The van der Waals surface area contributed by atoms with E-state index >= 15 is 0 Å². The fourth-order valence-electron chi connectivity index (χ4n) is 2.36. The zero-order chi connectivity index (χ0) is 11.4. The molecule has 1 saturated heterocycles. The van der Waals surface area contributed by atoms with Crippen molar-refractivity contribution in [1.82, 2.24) is 4.90 Å². The standard InChI is InChI=1S/C14H20ClN/c1-12-4-2-5-13(10-12)7-9-16-8-3-6-14(15)11-16/h2,4-5,10,14H,3,6-9,11H2,1H3. The molecule has 88 valence electrons. The van der Waals surface area contributed by atoms with Gasteiger partial charge in [0.05, 0.1) is 0 Å². The van der Waals surface area contributed by atoms with Gasteiger partial charge in [-0.15, -0.1) is 11.6 Å². The van der Waals surface area contributed by atoms with Gasteiger partial charge in [-0.05, 0) is 38.3 Å². The van der Waals surface area contributed by atoms with E-state index in [2.05, 4.69) is 36.1 Å². The van der Waals surface area contributed by atoms with Crippen LogP contribution in [0.1, 0.15) is 24.0 Å². The molecule has 2 rings (SSSR count). The Morgan fingerprint density at radius 2 is 2.31 bits per heavy atom. The summed E-state index contributed by atoms with van der Waals surface area (Å²) in [5.74, 6) is 0. The van der Waals surface area contributed by atoms with E-state index in [0.717, 1.165) is 19.5 Å². The van der Waals surface area contributed by atoms with Crippen molar-refractivity contribution >= 4 is 11.6 Å². The minimum absolute atomic E-state index is 0.367. The van der Waals surface area contributed by atoms with Gasteiger partial charge in [-0.25, -0.2) is 0 Å². The summed E-state index contributed by atoms with van der Waals surface area (Å²) in [5.41, 5.74) is 2.79. The zero-order valence-corrected chi connectivity index (χ0v) is 10.7. The largest absolute Gasteiger partial charge is 0.302 e. The molecule has 1 aliphatic rings. The van der Waals surface area contributed by atoms with Crippen LogP contribution in [0.15, 0.2) is 24.3 Å². The molecule has 0 amide bonds. The van der Waals surface area contributed by atoms with Crippen molar-refractivity contribution in [2.75, 3.05) is 19.6 Å². The molecule has 16 heavy (non-hydrogen) atoms. The second-order valence-corrected chi connectivity index (χ2v) is 5.40. The van der Waals surface area contributed by atoms with Crippen LogP contribution in [0.3, 0.4) is 0 Å². The number of benzene rings is 1. The van der Waals surface area contributed by atoms with Gasteiger partial charge in [0.25, 0.3) is 0 Å². The molecule has 1 fully saturated rings. The first-order valence-electron chi connectivity index (χ1n) is 6.16. The first kappa shape index (κ1) is 11.9. The van der Waals surface area contributed by atoms with Crippen molar-refractivity contribution in [1.29, 1.82) is 0 Å². The maximum Gasteiger partial charge on any atom is 0.0463 e. The van der Waals surface area contributed by atoms with Gasteiger partial charge in [0.1, 0.15) is 0 Å². The van der Waals surface area contributed by atoms with Crippen LogP contribution in [-0.2, 0) is 6.42 Å². The molecule has 0 saturated carbocycles. The molecular weight excluding hydrogens is 218 g/mol. The van der Waals surface area contributed by atoms with Crippen LogP contribution in [0.2, 0.25) is 0 Å². The number of rotatable bonds is 3. The molecule has 1 atom stereocenters. The fraction of sp³-hybridized carbons (Fsp3) is 0.571. The highest BCUT2D eigenvalue weighted by molar-refractivity contribution is 6.20. The van der Waals surface area contributed by atoms with Crippen LogP contribution in [-0.4, -0.2) is 29.9 Å². The zero-order valence-electron chi connectivity index (χ0n) is 9.95. The van der Waals surface area contributed by atoms with Crippen LogP contribution in [0.5, 0.6) is 0 Å². The van der Waals surface area contributed by atoms with Gasteiger partial charge in [-0.1, -0.05) is 29.8 Å². The van der Waals surface area contributed by atoms with Crippen LogP contribution in [0.25, 0.3) is 0 Å². The molecule has 0 spiro atoms. The van der Waals surface area contributed by atoms with Crippen LogP contribution >= 0.6 is 11.6 Å². The monoisotopic (exact) mass is 237 g/mol. The average molecular weight is 238 g/mol. The van der Waals surface area contributed by atoms with E-state index in [4.69, 9.17) is 11.6 Å². The van der Waals surface area contributed by atoms with Gasteiger partial charge in [0, 0.05) is 18.5 Å². The van der Waals surface area contributed by atoms with Crippen molar-refractivity contribution in [3.05, 3.63) is 35.4 Å². The lowest BCUT2D eigenvalue weighted by Crippen LogP contribution is -2.37.